The van der Waals surface area contributed by atoms with Crippen LogP contribution in [0, 0.1) is 18.2 Å². The van der Waals surface area contributed by atoms with Crippen molar-refractivity contribution in [1.82, 2.24) is 9.78 Å². The maximum absolute atomic E-state index is 12.9. The van der Waals surface area contributed by atoms with E-state index in [9.17, 15) is 4.39 Å². The Bertz CT molecular complexity index is 623. The van der Waals surface area contributed by atoms with Crippen LogP contribution in [0.25, 0.3) is 0 Å². The van der Waals surface area contributed by atoms with E-state index in [2.05, 4.69) is 36.5 Å². The van der Waals surface area contributed by atoms with Gasteiger partial charge in [0.05, 0.1) is 5.69 Å². The second kappa shape index (κ2) is 6.38. The van der Waals surface area contributed by atoms with Gasteiger partial charge in [-0.25, -0.2) is 4.39 Å². The third kappa shape index (κ3) is 4.23. The zero-order chi connectivity index (χ0) is 16.3. The maximum atomic E-state index is 12.9. The van der Waals surface area contributed by atoms with Crippen molar-refractivity contribution in [2.45, 2.75) is 34.2 Å². The molecule has 2 aromatic rings. The average molecular weight is 304 g/mol. The van der Waals surface area contributed by atoms with Gasteiger partial charge in [0.15, 0.2) is 0 Å². The lowest BCUT2D eigenvalue weighted by atomic mass is 9.97. The first kappa shape index (κ1) is 16.3. The Morgan fingerprint density at radius 1 is 1.14 bits per heavy atom. The van der Waals surface area contributed by atoms with Gasteiger partial charge in [0.2, 0.25) is 0 Å². The van der Waals surface area contributed by atoms with E-state index < -0.39 is 0 Å². The Labute approximate surface area is 131 Å². The summed E-state index contributed by atoms with van der Waals surface area (Å²) in [5.74, 6) is 0.767. The van der Waals surface area contributed by atoms with Crippen LogP contribution in [0.5, 0.6) is 0 Å². The van der Waals surface area contributed by atoms with Gasteiger partial charge in [0.25, 0.3) is 0 Å². The molecule has 22 heavy (non-hydrogen) atoms. The minimum Gasteiger partial charge on any atom is -0.376 e. The summed E-state index contributed by atoms with van der Waals surface area (Å²) in [7, 11) is 1.93. The number of hydrogen-bond donors (Lipinski definition) is 2. The monoisotopic (exact) mass is 304 g/mol. The predicted molar refractivity (Wildman–Crippen MR) is 89.6 cm³/mol. The molecule has 2 rings (SSSR count). The first-order chi connectivity index (χ1) is 10.3. The summed E-state index contributed by atoms with van der Waals surface area (Å²) in [6.07, 6.45) is 0. The Morgan fingerprint density at radius 3 is 2.36 bits per heavy atom. The van der Waals surface area contributed by atoms with Gasteiger partial charge in [-0.05, 0) is 30.0 Å². The lowest BCUT2D eigenvalue weighted by Crippen LogP contribution is -2.21. The van der Waals surface area contributed by atoms with E-state index in [0.717, 1.165) is 29.3 Å². The topological polar surface area (TPSA) is 41.9 Å². The molecule has 0 bridgehead atoms. The van der Waals surface area contributed by atoms with Gasteiger partial charge in [-0.2, -0.15) is 5.10 Å². The number of aromatic nitrogens is 2. The number of benzene rings is 1. The molecule has 0 aliphatic rings. The Balaban J connectivity index is 2.11. The lowest BCUT2D eigenvalue weighted by molar-refractivity contribution is 0.441. The van der Waals surface area contributed by atoms with Crippen molar-refractivity contribution in [3.05, 3.63) is 41.3 Å². The number of hydrogen-bond acceptors (Lipinski definition) is 3. The van der Waals surface area contributed by atoms with Crippen molar-refractivity contribution in [3.8, 4) is 0 Å². The number of halogens is 1. The Kier molecular flexibility index (Phi) is 4.74. The second-order valence-electron chi connectivity index (χ2n) is 6.83. The molecule has 0 saturated heterocycles. The number of rotatable bonds is 5. The molecule has 1 aromatic carbocycles. The first-order valence-electron chi connectivity index (χ1n) is 7.52. The van der Waals surface area contributed by atoms with Crippen LogP contribution in [-0.4, -0.2) is 16.3 Å². The average Bonchev–Trinajstić information content (AvgIpc) is 2.69. The highest BCUT2D eigenvalue weighted by molar-refractivity contribution is 5.68. The van der Waals surface area contributed by atoms with E-state index in [1.807, 2.05) is 18.7 Å². The molecule has 0 fully saturated rings. The van der Waals surface area contributed by atoms with Gasteiger partial charge < -0.3 is 10.6 Å². The number of nitrogens with one attached hydrogen (secondary N) is 2. The Hall–Kier alpha value is -2.04. The molecule has 120 valence electrons. The van der Waals surface area contributed by atoms with Crippen molar-refractivity contribution >= 4 is 11.5 Å². The standard InChI is InChI=1S/C17H25FN4/c1-12-15(19-10-13-6-8-14(18)9-7-13)16(22(5)21-12)20-11-17(2,3)4/h6-9,19-20H,10-11H2,1-5H3. The molecule has 4 nitrogen and oxygen atoms in total. The highest BCUT2D eigenvalue weighted by atomic mass is 19.1. The van der Waals surface area contributed by atoms with Crippen LogP contribution in [0.2, 0.25) is 0 Å². The molecular weight excluding hydrogens is 279 g/mol. The molecule has 0 saturated carbocycles. The van der Waals surface area contributed by atoms with E-state index in [1.165, 1.54) is 12.1 Å². The fourth-order valence-corrected chi connectivity index (χ4v) is 2.21. The van der Waals surface area contributed by atoms with Crippen LogP contribution in [0.15, 0.2) is 24.3 Å². The predicted octanol–water partition coefficient (Wildman–Crippen LogP) is 3.94. The summed E-state index contributed by atoms with van der Waals surface area (Å²) in [4.78, 5) is 0. The SMILES string of the molecule is Cc1nn(C)c(NCC(C)(C)C)c1NCc1ccc(F)cc1. The van der Waals surface area contributed by atoms with E-state index >= 15 is 0 Å². The van der Waals surface area contributed by atoms with Gasteiger partial charge in [0.1, 0.15) is 17.3 Å². The summed E-state index contributed by atoms with van der Waals surface area (Å²) >= 11 is 0. The third-order valence-electron chi connectivity index (χ3n) is 3.39. The smallest absolute Gasteiger partial charge is 0.148 e. The number of anilines is 2. The van der Waals surface area contributed by atoms with Crippen LogP contribution >= 0.6 is 0 Å². The van der Waals surface area contributed by atoms with Crippen LogP contribution in [-0.2, 0) is 13.6 Å². The van der Waals surface area contributed by atoms with Gasteiger partial charge in [0, 0.05) is 20.1 Å². The van der Waals surface area contributed by atoms with E-state index in [-0.39, 0.29) is 11.2 Å². The maximum Gasteiger partial charge on any atom is 0.148 e. The molecule has 1 aromatic heterocycles. The minimum absolute atomic E-state index is 0.187. The van der Waals surface area contributed by atoms with Crippen molar-refractivity contribution in [2.75, 3.05) is 17.2 Å². The second-order valence-corrected chi connectivity index (χ2v) is 6.83. The summed E-state index contributed by atoms with van der Waals surface area (Å²) in [5, 5.41) is 11.3. The fraction of sp³-hybridized carbons (Fsp3) is 0.471. The Morgan fingerprint density at radius 2 is 1.77 bits per heavy atom. The van der Waals surface area contributed by atoms with Crippen molar-refractivity contribution in [3.63, 3.8) is 0 Å². The van der Waals surface area contributed by atoms with E-state index in [4.69, 9.17) is 0 Å². The quantitative estimate of drug-likeness (QED) is 0.879. The van der Waals surface area contributed by atoms with Crippen molar-refractivity contribution in [2.24, 2.45) is 12.5 Å². The van der Waals surface area contributed by atoms with E-state index in [1.54, 1.807) is 12.1 Å². The normalized spacial score (nSPS) is 11.5. The summed E-state index contributed by atoms with van der Waals surface area (Å²) in [5.41, 5.74) is 3.16. The molecule has 0 amide bonds. The molecule has 0 spiro atoms. The highest BCUT2D eigenvalue weighted by Gasteiger charge is 2.16. The molecule has 0 unspecified atom stereocenters. The zero-order valence-electron chi connectivity index (χ0n) is 14.0. The van der Waals surface area contributed by atoms with Crippen molar-refractivity contribution < 1.29 is 4.39 Å². The van der Waals surface area contributed by atoms with Crippen LogP contribution in [0.3, 0.4) is 0 Å². The molecule has 0 radical (unpaired) electrons. The van der Waals surface area contributed by atoms with Gasteiger partial charge in [-0.3, -0.25) is 4.68 Å². The summed E-state index contributed by atoms with van der Waals surface area (Å²) < 4.78 is 14.8. The fourth-order valence-electron chi connectivity index (χ4n) is 2.21. The van der Waals surface area contributed by atoms with E-state index in [0.29, 0.717) is 6.54 Å². The van der Waals surface area contributed by atoms with Crippen molar-refractivity contribution in [1.29, 1.82) is 0 Å². The van der Waals surface area contributed by atoms with Crippen LogP contribution in [0.4, 0.5) is 15.9 Å². The molecule has 0 aliphatic heterocycles. The highest BCUT2D eigenvalue weighted by Crippen LogP contribution is 2.27. The molecule has 0 atom stereocenters. The lowest BCUT2D eigenvalue weighted by Gasteiger charge is -2.20. The van der Waals surface area contributed by atoms with Gasteiger partial charge in [-0.15, -0.1) is 0 Å². The van der Waals surface area contributed by atoms with Crippen LogP contribution in [0.1, 0.15) is 32.0 Å². The molecule has 0 aliphatic carbocycles. The van der Waals surface area contributed by atoms with Gasteiger partial charge >= 0.3 is 0 Å². The number of aryl methyl sites for hydroxylation is 2. The summed E-state index contributed by atoms with van der Waals surface area (Å²) in [6.45, 7) is 10.0. The first-order valence-corrected chi connectivity index (χ1v) is 7.52. The van der Waals surface area contributed by atoms with Gasteiger partial charge in [-0.1, -0.05) is 32.9 Å². The third-order valence-corrected chi connectivity index (χ3v) is 3.39. The molecule has 1 heterocycles. The zero-order valence-corrected chi connectivity index (χ0v) is 14.0. The number of nitrogens with zero attached hydrogens (tertiary/aromatic N) is 2. The molecule has 2 N–H and O–H groups in total. The van der Waals surface area contributed by atoms with Crippen LogP contribution < -0.4 is 10.6 Å². The largest absolute Gasteiger partial charge is 0.376 e. The summed E-state index contributed by atoms with van der Waals surface area (Å²) in [6, 6.07) is 6.53. The molecule has 5 heteroatoms. The molecular formula is C17H25FN4. The minimum atomic E-state index is -0.214.